The van der Waals surface area contributed by atoms with Gasteiger partial charge in [0.15, 0.2) is 6.23 Å². The van der Waals surface area contributed by atoms with Crippen molar-refractivity contribution in [1.82, 2.24) is 9.55 Å². The number of phosphoric ester groups is 1. The lowest BCUT2D eigenvalue weighted by Crippen LogP contribution is -2.42. The lowest BCUT2D eigenvalue weighted by molar-refractivity contribution is -0.0460. The fraction of sp³-hybridized carbons (Fsp3) is 0.636. The highest BCUT2D eigenvalue weighted by Gasteiger charge is 2.54. The lowest BCUT2D eigenvalue weighted by Gasteiger charge is -2.26. The van der Waals surface area contributed by atoms with Crippen LogP contribution in [0, 0.1) is 6.92 Å². The van der Waals surface area contributed by atoms with Gasteiger partial charge in [-0.15, -0.1) is 11.6 Å². The van der Waals surface area contributed by atoms with E-state index >= 15 is 0 Å². The van der Waals surface area contributed by atoms with E-state index in [1.807, 2.05) is 0 Å². The normalized spacial score (nSPS) is 30.6. The van der Waals surface area contributed by atoms with Crippen LogP contribution in [-0.4, -0.2) is 57.9 Å². The number of hydrogen-bond acceptors (Lipinski definition) is 11. The second-order valence-electron chi connectivity index (χ2n) is 6.51. The number of aryl methyl sites for hydroxylation is 1. The molecule has 1 saturated heterocycles. The van der Waals surface area contributed by atoms with Crippen molar-refractivity contribution in [2.75, 3.05) is 12.3 Å². The second-order valence-corrected chi connectivity index (χ2v) is 11.7. The van der Waals surface area contributed by atoms with E-state index in [0.717, 1.165) is 4.57 Å². The Hall–Kier alpha value is -0.700. The molecule has 178 valence electrons. The lowest BCUT2D eigenvalue weighted by atomic mass is 10.0. The van der Waals surface area contributed by atoms with E-state index in [1.165, 1.54) is 13.1 Å². The van der Waals surface area contributed by atoms with E-state index in [2.05, 4.69) is 18.1 Å². The van der Waals surface area contributed by atoms with E-state index in [-0.39, 0.29) is 5.82 Å². The van der Waals surface area contributed by atoms with Gasteiger partial charge in [0.25, 0.3) is 0 Å². The van der Waals surface area contributed by atoms with Gasteiger partial charge in [0, 0.05) is 11.8 Å². The number of aliphatic hydroxyl groups is 1. The van der Waals surface area contributed by atoms with Gasteiger partial charge in [-0.05, 0) is 13.8 Å². The zero-order chi connectivity index (χ0) is 24.0. The number of anilines is 1. The summed E-state index contributed by atoms with van der Waals surface area (Å²) in [7, 11) is -16.7. The molecule has 0 amide bonds. The van der Waals surface area contributed by atoms with Crippen LogP contribution in [0.2, 0.25) is 0 Å². The highest BCUT2D eigenvalue weighted by molar-refractivity contribution is 7.66. The summed E-state index contributed by atoms with van der Waals surface area (Å²) < 4.78 is 51.8. The Kier molecular flexibility index (Phi) is 7.64. The van der Waals surface area contributed by atoms with Crippen LogP contribution in [0.5, 0.6) is 0 Å². The maximum atomic E-state index is 12.1. The molecule has 31 heavy (non-hydrogen) atoms. The number of ether oxygens (including phenoxy) is 1. The zero-order valence-corrected chi connectivity index (χ0v) is 19.1. The molecule has 16 nitrogen and oxygen atoms in total. The summed E-state index contributed by atoms with van der Waals surface area (Å²) in [6, 6.07) is 0. The smallest absolute Gasteiger partial charge is 0.388 e. The Morgan fingerprint density at radius 1 is 1.26 bits per heavy atom. The largest absolute Gasteiger partial charge is 0.490 e. The topological polar surface area (TPSA) is 250 Å². The van der Waals surface area contributed by atoms with Gasteiger partial charge in [-0.25, -0.2) is 18.5 Å². The third-order valence-corrected chi connectivity index (χ3v) is 8.17. The van der Waals surface area contributed by atoms with Crippen LogP contribution < -0.4 is 11.4 Å². The number of phosphoric acid groups is 3. The minimum atomic E-state index is -5.71. The number of nitrogens with zero attached hydrogens (tertiary/aromatic N) is 2. The summed E-state index contributed by atoms with van der Waals surface area (Å²) in [5.41, 5.74) is 5.08. The van der Waals surface area contributed by atoms with Crippen molar-refractivity contribution in [3.8, 4) is 0 Å². The van der Waals surface area contributed by atoms with Crippen molar-refractivity contribution in [3.63, 3.8) is 0 Å². The number of alkyl halides is 1. The van der Waals surface area contributed by atoms with Gasteiger partial charge < -0.3 is 35.2 Å². The van der Waals surface area contributed by atoms with Gasteiger partial charge in [0.2, 0.25) is 0 Å². The van der Waals surface area contributed by atoms with Crippen molar-refractivity contribution >= 4 is 40.9 Å². The van der Waals surface area contributed by atoms with Crippen LogP contribution in [0.3, 0.4) is 0 Å². The predicted molar refractivity (Wildman–Crippen MR) is 102 cm³/mol. The van der Waals surface area contributed by atoms with Crippen molar-refractivity contribution in [2.24, 2.45) is 0 Å². The van der Waals surface area contributed by atoms with Crippen molar-refractivity contribution in [3.05, 3.63) is 22.2 Å². The Labute approximate surface area is 179 Å². The summed E-state index contributed by atoms with van der Waals surface area (Å²) in [6.07, 6.45) is -3.12. The fourth-order valence-corrected chi connectivity index (χ4v) is 5.90. The van der Waals surface area contributed by atoms with Crippen molar-refractivity contribution in [2.45, 2.75) is 37.2 Å². The van der Waals surface area contributed by atoms with Crippen LogP contribution in [0.1, 0.15) is 18.7 Å². The molecule has 2 heterocycles. The van der Waals surface area contributed by atoms with Gasteiger partial charge in [0.1, 0.15) is 22.9 Å². The predicted octanol–water partition coefficient (Wildman–Crippen LogP) is -0.267. The Morgan fingerprint density at radius 2 is 1.84 bits per heavy atom. The molecule has 1 aromatic heterocycles. The Balaban J connectivity index is 2.16. The highest BCUT2D eigenvalue weighted by atomic mass is 35.5. The third-order valence-electron chi connectivity index (χ3n) is 3.96. The molecule has 20 heteroatoms. The van der Waals surface area contributed by atoms with Gasteiger partial charge in [-0.3, -0.25) is 9.09 Å². The van der Waals surface area contributed by atoms with Crippen LogP contribution in [0.25, 0.3) is 0 Å². The Bertz CT molecular complexity index is 1040. The monoisotopic (exact) mass is 529 g/mol. The first-order valence-corrected chi connectivity index (χ1v) is 12.9. The van der Waals surface area contributed by atoms with Gasteiger partial charge in [0.05, 0.1) is 6.61 Å². The molecule has 0 bridgehead atoms. The number of halogens is 1. The molecule has 1 aliphatic heterocycles. The molecule has 6 atom stereocenters. The number of nitrogen functional groups attached to an aromatic ring is 1. The summed E-state index contributed by atoms with van der Waals surface area (Å²) >= 11 is 6.30. The van der Waals surface area contributed by atoms with Gasteiger partial charge in [-0.2, -0.15) is 13.6 Å². The first-order chi connectivity index (χ1) is 13.8. The average molecular weight is 530 g/mol. The molecule has 0 radical (unpaired) electrons. The maximum absolute atomic E-state index is 12.1. The van der Waals surface area contributed by atoms with Crippen LogP contribution >= 0.6 is 35.1 Å². The summed E-state index contributed by atoms with van der Waals surface area (Å²) in [5.74, 6) is -0.0414. The van der Waals surface area contributed by atoms with Crippen molar-refractivity contribution < 1.29 is 56.3 Å². The number of rotatable bonds is 8. The first-order valence-electron chi connectivity index (χ1n) is 8.01. The minimum absolute atomic E-state index is 0.0414. The molecule has 7 N–H and O–H groups in total. The van der Waals surface area contributed by atoms with Crippen LogP contribution in [-0.2, 0) is 31.6 Å². The maximum Gasteiger partial charge on any atom is 0.490 e. The van der Waals surface area contributed by atoms with E-state index in [4.69, 9.17) is 36.8 Å². The first kappa shape index (κ1) is 26.6. The van der Waals surface area contributed by atoms with Crippen molar-refractivity contribution in [1.29, 1.82) is 0 Å². The summed E-state index contributed by atoms with van der Waals surface area (Å²) in [5, 5.41) is 10.4. The summed E-state index contributed by atoms with van der Waals surface area (Å²) in [6.45, 7) is 1.88. The van der Waals surface area contributed by atoms with E-state index in [1.54, 1.807) is 6.92 Å². The molecular formula is C11H19ClN3O13P3. The molecule has 0 aromatic carbocycles. The number of aliphatic hydroxyl groups excluding tert-OH is 1. The molecule has 1 aromatic rings. The fourth-order valence-electron chi connectivity index (χ4n) is 2.57. The van der Waals surface area contributed by atoms with Gasteiger partial charge in [-0.1, -0.05) is 0 Å². The zero-order valence-electron chi connectivity index (χ0n) is 15.7. The van der Waals surface area contributed by atoms with Crippen LogP contribution in [0.4, 0.5) is 5.82 Å². The van der Waals surface area contributed by atoms with E-state index < -0.39 is 59.1 Å². The molecule has 6 unspecified atom stereocenters. The SMILES string of the molecule is Cc1cn(C2OC(COP(=O)(O)OP(=O)(O)OP(=O)(O)O)C(O)C2(C)Cl)c(=O)nc1N. The van der Waals surface area contributed by atoms with E-state index in [0.29, 0.717) is 5.56 Å². The highest BCUT2D eigenvalue weighted by Crippen LogP contribution is 2.66. The second kappa shape index (κ2) is 8.92. The van der Waals surface area contributed by atoms with Crippen LogP contribution in [0.15, 0.2) is 11.0 Å². The molecule has 2 rings (SSSR count). The molecule has 1 fully saturated rings. The number of aromatic nitrogens is 2. The quantitative estimate of drug-likeness (QED) is 0.187. The molecule has 0 spiro atoms. The molecule has 1 aliphatic rings. The summed E-state index contributed by atoms with van der Waals surface area (Å²) in [4.78, 5) is 49.7. The Morgan fingerprint density at radius 3 is 2.39 bits per heavy atom. The molecular weight excluding hydrogens is 511 g/mol. The molecule has 0 saturated carbocycles. The minimum Gasteiger partial charge on any atom is -0.388 e. The average Bonchev–Trinajstić information content (AvgIpc) is 2.76. The number of nitrogens with two attached hydrogens (primary N) is 1. The third kappa shape index (κ3) is 6.65. The van der Waals surface area contributed by atoms with E-state index in [9.17, 15) is 28.5 Å². The standard InChI is InChI=1S/C11H19ClN3O13P3/c1-5-3-15(10(17)14-8(5)13)9-11(2,12)7(16)6(26-9)4-25-30(21,22)28-31(23,24)27-29(18,19)20/h3,6-7,9,16H,4H2,1-2H3,(H,21,22)(H,23,24)(H2,13,14,17)(H2,18,19,20). The van der Waals surface area contributed by atoms with Gasteiger partial charge >= 0.3 is 29.2 Å². The number of hydrogen-bond donors (Lipinski definition) is 6. The molecule has 0 aliphatic carbocycles.